The molecule has 2 aromatic carbocycles. The highest BCUT2D eigenvalue weighted by atomic mass is 16.5. The number of hydrogen-bond acceptors (Lipinski definition) is 5. The minimum atomic E-state index is -0.743. The van der Waals surface area contributed by atoms with Crippen molar-refractivity contribution < 1.29 is 23.9 Å². The molecule has 0 aliphatic carbocycles. The van der Waals surface area contributed by atoms with Gasteiger partial charge in [-0.1, -0.05) is 54.6 Å². The summed E-state index contributed by atoms with van der Waals surface area (Å²) in [5.41, 5.74) is 0.891. The number of aromatic nitrogens is 1. The fourth-order valence-corrected chi connectivity index (χ4v) is 3.91. The lowest BCUT2D eigenvalue weighted by Gasteiger charge is -2.12. The van der Waals surface area contributed by atoms with Gasteiger partial charge in [-0.05, 0) is 39.1 Å². The van der Waals surface area contributed by atoms with Gasteiger partial charge in [0.1, 0.15) is 11.3 Å². The molecule has 0 fully saturated rings. The van der Waals surface area contributed by atoms with Gasteiger partial charge >= 0.3 is 11.9 Å². The number of rotatable bonds is 6. The van der Waals surface area contributed by atoms with Gasteiger partial charge in [0.15, 0.2) is 5.78 Å². The molecule has 4 aromatic rings. The Balaban J connectivity index is 2.15. The van der Waals surface area contributed by atoms with Crippen molar-refractivity contribution >= 4 is 34.0 Å². The van der Waals surface area contributed by atoms with E-state index in [0.29, 0.717) is 11.1 Å². The van der Waals surface area contributed by atoms with Crippen LogP contribution in [0.4, 0.5) is 0 Å². The second-order valence-electron chi connectivity index (χ2n) is 8.32. The van der Waals surface area contributed by atoms with E-state index in [4.69, 9.17) is 9.47 Å². The molecule has 4 rings (SSSR count). The van der Waals surface area contributed by atoms with Crippen LogP contribution in [0.15, 0.2) is 66.9 Å². The standard InChI is InChI=1S/C27H25NO5/c1-16(2)32-26(30)22-21(25(29)19-11-6-5-7-12-19)23-20-13-9-8-10-18(20)14-15-28(23)24(22)27(31)33-17(3)4/h5-17H,1-4H3. The zero-order valence-corrected chi connectivity index (χ0v) is 19.0. The van der Waals surface area contributed by atoms with Crippen LogP contribution in [-0.2, 0) is 9.47 Å². The molecule has 0 radical (unpaired) electrons. The third-order valence-corrected chi connectivity index (χ3v) is 5.17. The Bertz CT molecular complexity index is 1370. The first kappa shape index (κ1) is 22.3. The summed E-state index contributed by atoms with van der Waals surface area (Å²) in [7, 11) is 0. The van der Waals surface area contributed by atoms with Crippen molar-refractivity contribution in [3.05, 3.63) is 89.2 Å². The molecule has 6 heteroatoms. The summed E-state index contributed by atoms with van der Waals surface area (Å²) in [6.45, 7) is 6.89. The first-order valence-corrected chi connectivity index (χ1v) is 10.9. The molecule has 0 saturated carbocycles. The van der Waals surface area contributed by atoms with E-state index in [0.717, 1.165) is 10.8 Å². The monoisotopic (exact) mass is 443 g/mol. The summed E-state index contributed by atoms with van der Waals surface area (Å²) < 4.78 is 12.5. The summed E-state index contributed by atoms with van der Waals surface area (Å²) in [4.78, 5) is 40.4. The van der Waals surface area contributed by atoms with Gasteiger partial charge in [-0.3, -0.25) is 4.79 Å². The van der Waals surface area contributed by atoms with E-state index in [1.165, 1.54) is 0 Å². The molecule has 0 spiro atoms. The number of ether oxygens (including phenoxy) is 2. The topological polar surface area (TPSA) is 74.1 Å². The third kappa shape index (κ3) is 4.12. The predicted octanol–water partition coefficient (Wildman–Crippen LogP) is 5.45. The van der Waals surface area contributed by atoms with Gasteiger partial charge in [-0.25, -0.2) is 9.59 Å². The van der Waals surface area contributed by atoms with E-state index in [9.17, 15) is 14.4 Å². The summed E-state index contributed by atoms with van der Waals surface area (Å²) in [6, 6.07) is 18.0. The molecule has 0 saturated heterocycles. The Morgan fingerprint density at radius 2 is 1.33 bits per heavy atom. The van der Waals surface area contributed by atoms with Crippen LogP contribution in [0.3, 0.4) is 0 Å². The van der Waals surface area contributed by atoms with Crippen molar-refractivity contribution in [2.75, 3.05) is 0 Å². The quantitative estimate of drug-likeness (QED) is 0.292. The van der Waals surface area contributed by atoms with Gasteiger partial charge in [-0.2, -0.15) is 0 Å². The number of hydrogen-bond donors (Lipinski definition) is 0. The molecule has 2 heterocycles. The number of esters is 2. The van der Waals surface area contributed by atoms with Crippen LogP contribution in [0.5, 0.6) is 0 Å². The average molecular weight is 443 g/mol. The van der Waals surface area contributed by atoms with Crippen LogP contribution in [-0.4, -0.2) is 34.3 Å². The van der Waals surface area contributed by atoms with Crippen LogP contribution in [0.2, 0.25) is 0 Å². The van der Waals surface area contributed by atoms with Gasteiger partial charge in [0, 0.05) is 17.1 Å². The Labute approximate surface area is 191 Å². The number of fused-ring (bicyclic) bond motifs is 3. The van der Waals surface area contributed by atoms with Crippen LogP contribution in [0, 0.1) is 0 Å². The summed E-state index contributed by atoms with van der Waals surface area (Å²) in [6.07, 6.45) is 0.833. The van der Waals surface area contributed by atoms with E-state index in [1.807, 2.05) is 36.4 Å². The van der Waals surface area contributed by atoms with Crippen molar-refractivity contribution in [1.82, 2.24) is 4.40 Å². The van der Waals surface area contributed by atoms with Gasteiger partial charge < -0.3 is 13.9 Å². The maximum absolute atomic E-state index is 13.8. The van der Waals surface area contributed by atoms with Gasteiger partial charge in [0.25, 0.3) is 0 Å². The minimum Gasteiger partial charge on any atom is -0.459 e. The first-order valence-electron chi connectivity index (χ1n) is 10.9. The van der Waals surface area contributed by atoms with Crippen molar-refractivity contribution in [1.29, 1.82) is 0 Å². The molecule has 0 aliphatic rings. The second-order valence-corrected chi connectivity index (χ2v) is 8.32. The van der Waals surface area contributed by atoms with Gasteiger partial charge in [-0.15, -0.1) is 0 Å². The number of carbonyl (C=O) groups excluding carboxylic acids is 3. The average Bonchev–Trinajstić information content (AvgIpc) is 3.14. The summed E-state index contributed by atoms with van der Waals surface area (Å²) in [5.74, 6) is -1.81. The number of pyridine rings is 1. The van der Waals surface area contributed by atoms with Gasteiger partial charge in [0.2, 0.25) is 0 Å². The van der Waals surface area contributed by atoms with Crippen molar-refractivity contribution in [3.63, 3.8) is 0 Å². The second kappa shape index (κ2) is 8.90. The molecule has 0 bridgehead atoms. The van der Waals surface area contributed by atoms with Crippen LogP contribution in [0.25, 0.3) is 16.3 Å². The van der Waals surface area contributed by atoms with Crippen molar-refractivity contribution in [2.24, 2.45) is 0 Å². The van der Waals surface area contributed by atoms with Crippen LogP contribution >= 0.6 is 0 Å². The lowest BCUT2D eigenvalue weighted by atomic mass is 9.97. The maximum Gasteiger partial charge on any atom is 0.356 e. The van der Waals surface area contributed by atoms with E-state index in [1.54, 1.807) is 62.6 Å². The Morgan fingerprint density at radius 3 is 2.00 bits per heavy atom. The zero-order chi connectivity index (χ0) is 23.7. The number of nitrogens with zero attached hydrogens (tertiary/aromatic N) is 1. The molecular weight excluding hydrogens is 418 g/mol. The van der Waals surface area contributed by atoms with Crippen LogP contribution in [0.1, 0.15) is 64.5 Å². The lowest BCUT2D eigenvalue weighted by Crippen LogP contribution is -2.21. The highest BCUT2D eigenvalue weighted by molar-refractivity contribution is 6.24. The first-order chi connectivity index (χ1) is 15.8. The smallest absolute Gasteiger partial charge is 0.356 e. The number of benzene rings is 2. The molecule has 0 amide bonds. The molecular formula is C27H25NO5. The normalized spacial score (nSPS) is 11.3. The molecule has 0 aliphatic heterocycles. The molecule has 0 atom stereocenters. The Hall–Kier alpha value is -3.93. The predicted molar refractivity (Wildman–Crippen MR) is 126 cm³/mol. The van der Waals surface area contributed by atoms with E-state index in [2.05, 4.69) is 0 Å². The molecule has 0 N–H and O–H groups in total. The fourth-order valence-electron chi connectivity index (χ4n) is 3.91. The molecule has 2 aromatic heterocycles. The fraction of sp³-hybridized carbons (Fsp3) is 0.222. The van der Waals surface area contributed by atoms with Crippen LogP contribution < -0.4 is 0 Å². The van der Waals surface area contributed by atoms with E-state index in [-0.39, 0.29) is 22.6 Å². The highest BCUT2D eigenvalue weighted by Gasteiger charge is 2.35. The Kier molecular flexibility index (Phi) is 6.01. The Morgan fingerprint density at radius 1 is 0.727 bits per heavy atom. The van der Waals surface area contributed by atoms with Crippen molar-refractivity contribution in [3.8, 4) is 0 Å². The molecule has 168 valence electrons. The number of carbonyl (C=O) groups is 3. The molecule has 33 heavy (non-hydrogen) atoms. The zero-order valence-electron chi connectivity index (χ0n) is 19.0. The summed E-state index contributed by atoms with van der Waals surface area (Å²) in [5, 5.41) is 1.61. The number of ketones is 1. The third-order valence-electron chi connectivity index (χ3n) is 5.17. The summed E-state index contributed by atoms with van der Waals surface area (Å²) >= 11 is 0. The SMILES string of the molecule is CC(C)OC(=O)c1c(C(=O)c2ccccc2)c2c3ccccc3ccn2c1C(=O)OC(C)C. The largest absolute Gasteiger partial charge is 0.459 e. The van der Waals surface area contributed by atoms with Gasteiger partial charge in [0.05, 0.1) is 23.3 Å². The molecule has 6 nitrogen and oxygen atoms in total. The van der Waals surface area contributed by atoms with Crippen molar-refractivity contribution in [2.45, 2.75) is 39.9 Å². The molecule has 0 unspecified atom stereocenters. The lowest BCUT2D eigenvalue weighted by molar-refractivity contribution is 0.0322. The van der Waals surface area contributed by atoms with E-state index >= 15 is 0 Å². The van der Waals surface area contributed by atoms with E-state index < -0.39 is 24.1 Å². The maximum atomic E-state index is 13.8. The minimum absolute atomic E-state index is 0.0191. The highest BCUT2D eigenvalue weighted by Crippen LogP contribution is 2.33.